The Morgan fingerprint density at radius 3 is 2.81 bits per heavy atom. The molecule has 6 nitrogen and oxygen atoms in total. The number of hydrogen-bond acceptors (Lipinski definition) is 4. The molecule has 0 aliphatic heterocycles. The van der Waals surface area contributed by atoms with Gasteiger partial charge in [-0.05, 0) is 19.1 Å². The van der Waals surface area contributed by atoms with E-state index in [1.165, 1.54) is 12.1 Å². The molecule has 1 aromatic heterocycles. The van der Waals surface area contributed by atoms with Crippen LogP contribution in [0.1, 0.15) is 24.1 Å². The molecule has 0 aliphatic carbocycles. The van der Waals surface area contributed by atoms with Gasteiger partial charge < -0.3 is 5.73 Å². The number of H-pyrrole nitrogens is 1. The fourth-order valence-corrected chi connectivity index (χ4v) is 3.61. The lowest BCUT2D eigenvalue weighted by Crippen LogP contribution is -2.27. The minimum atomic E-state index is -3.81. The molecule has 0 spiro atoms. The van der Waals surface area contributed by atoms with Crippen LogP contribution in [-0.2, 0) is 10.0 Å². The van der Waals surface area contributed by atoms with Gasteiger partial charge in [-0.25, -0.2) is 13.1 Å². The Bertz CT molecular complexity index is 760. The van der Waals surface area contributed by atoms with Crippen LogP contribution in [0.5, 0.6) is 0 Å². The van der Waals surface area contributed by atoms with Crippen molar-refractivity contribution in [1.82, 2.24) is 14.9 Å². The zero-order chi connectivity index (χ0) is 15.6. The summed E-state index contributed by atoms with van der Waals surface area (Å²) >= 11 is 10.8. The smallest absolute Gasteiger partial charge is 0.242 e. The second kappa shape index (κ2) is 6.10. The van der Waals surface area contributed by atoms with E-state index in [0.29, 0.717) is 11.1 Å². The molecule has 2 rings (SSSR count). The molecule has 2 aromatic rings. The van der Waals surface area contributed by atoms with E-state index < -0.39 is 16.1 Å². The fraction of sp³-hybridized carbons (Fsp3) is 0.167. The summed E-state index contributed by atoms with van der Waals surface area (Å²) in [6.45, 7) is 1.70. The molecular formula is C12H13ClN4O2S2. The number of benzene rings is 1. The number of rotatable bonds is 5. The van der Waals surface area contributed by atoms with Crippen molar-refractivity contribution in [3.05, 3.63) is 46.7 Å². The third kappa shape index (κ3) is 3.59. The van der Waals surface area contributed by atoms with E-state index in [0.717, 1.165) is 0 Å². The number of aromatic amines is 1. The number of nitrogens with two attached hydrogens (primary N) is 1. The monoisotopic (exact) mass is 344 g/mol. The van der Waals surface area contributed by atoms with Gasteiger partial charge in [0.2, 0.25) is 10.0 Å². The van der Waals surface area contributed by atoms with Crippen LogP contribution in [0.4, 0.5) is 0 Å². The molecule has 0 radical (unpaired) electrons. The summed E-state index contributed by atoms with van der Waals surface area (Å²) in [5.74, 6) is 0. The predicted molar refractivity (Wildman–Crippen MR) is 84.7 cm³/mol. The quantitative estimate of drug-likeness (QED) is 0.717. The van der Waals surface area contributed by atoms with Crippen molar-refractivity contribution < 1.29 is 8.42 Å². The Morgan fingerprint density at radius 2 is 2.24 bits per heavy atom. The highest BCUT2D eigenvalue weighted by atomic mass is 35.5. The molecule has 1 unspecified atom stereocenters. The largest absolute Gasteiger partial charge is 0.389 e. The lowest BCUT2D eigenvalue weighted by atomic mass is 10.2. The van der Waals surface area contributed by atoms with Gasteiger partial charge >= 0.3 is 0 Å². The number of thiocarbonyl (C=S) groups is 1. The summed E-state index contributed by atoms with van der Waals surface area (Å²) in [6, 6.07) is 3.92. The van der Waals surface area contributed by atoms with E-state index in [2.05, 4.69) is 14.9 Å². The molecule has 112 valence electrons. The van der Waals surface area contributed by atoms with Crippen LogP contribution in [0.3, 0.4) is 0 Å². The van der Waals surface area contributed by atoms with Crippen molar-refractivity contribution >= 4 is 38.8 Å². The van der Waals surface area contributed by atoms with Gasteiger partial charge in [-0.1, -0.05) is 29.9 Å². The standard InChI is InChI=1S/C12H13ClN4O2S2/c1-7(9-5-15-16-6-9)17-21(18,19)11-4-8(12(14)20)2-3-10(11)13/h2-7,17H,1H3,(H2,14,20)(H,15,16). The molecule has 0 fully saturated rings. The predicted octanol–water partition coefficient (Wildman–Crippen LogP) is 1.74. The molecule has 21 heavy (non-hydrogen) atoms. The fourth-order valence-electron chi connectivity index (χ4n) is 1.72. The average molecular weight is 345 g/mol. The van der Waals surface area contributed by atoms with E-state index in [9.17, 15) is 8.42 Å². The summed E-state index contributed by atoms with van der Waals surface area (Å²) in [4.78, 5) is 0.0378. The van der Waals surface area contributed by atoms with Gasteiger partial charge in [0.25, 0.3) is 0 Å². The van der Waals surface area contributed by atoms with E-state index >= 15 is 0 Å². The first-order valence-electron chi connectivity index (χ1n) is 5.91. The van der Waals surface area contributed by atoms with Gasteiger partial charge in [0, 0.05) is 23.4 Å². The Balaban J connectivity index is 2.35. The molecule has 0 aliphatic rings. The van der Waals surface area contributed by atoms with E-state index in [1.54, 1.807) is 25.4 Å². The maximum atomic E-state index is 12.4. The zero-order valence-corrected chi connectivity index (χ0v) is 13.4. The number of sulfonamides is 1. The summed E-state index contributed by atoms with van der Waals surface area (Å²) in [6.07, 6.45) is 3.15. The lowest BCUT2D eigenvalue weighted by Gasteiger charge is -2.14. The first kappa shape index (κ1) is 15.9. The molecule has 4 N–H and O–H groups in total. The summed E-state index contributed by atoms with van der Waals surface area (Å²) in [7, 11) is -3.81. The Kier molecular flexibility index (Phi) is 4.62. The normalized spacial score (nSPS) is 13.0. The number of aromatic nitrogens is 2. The first-order chi connectivity index (χ1) is 9.81. The van der Waals surface area contributed by atoms with Crippen LogP contribution in [0.2, 0.25) is 5.02 Å². The zero-order valence-electron chi connectivity index (χ0n) is 11.0. The molecule has 9 heteroatoms. The minimum Gasteiger partial charge on any atom is -0.389 e. The van der Waals surface area contributed by atoms with Crippen molar-refractivity contribution in [2.24, 2.45) is 5.73 Å². The van der Waals surface area contributed by atoms with Gasteiger partial charge in [0.15, 0.2) is 0 Å². The molecular weight excluding hydrogens is 332 g/mol. The molecule has 0 amide bonds. The molecule has 1 heterocycles. The Labute approximate surface area is 132 Å². The molecule has 1 atom stereocenters. The third-order valence-corrected chi connectivity index (χ3v) is 5.11. The van der Waals surface area contributed by atoms with Crippen LogP contribution in [-0.4, -0.2) is 23.6 Å². The molecule has 0 saturated carbocycles. The van der Waals surface area contributed by atoms with Gasteiger partial charge in [-0.3, -0.25) is 5.10 Å². The molecule has 0 saturated heterocycles. The second-order valence-corrected chi connectivity index (χ2v) is 6.91. The van der Waals surface area contributed by atoms with Crippen molar-refractivity contribution in [2.45, 2.75) is 17.9 Å². The van der Waals surface area contributed by atoms with Gasteiger partial charge in [0.1, 0.15) is 9.88 Å². The number of nitrogens with one attached hydrogen (secondary N) is 2. The number of halogens is 1. The maximum absolute atomic E-state index is 12.4. The average Bonchev–Trinajstić information content (AvgIpc) is 2.92. The highest BCUT2D eigenvalue weighted by molar-refractivity contribution is 7.89. The van der Waals surface area contributed by atoms with Crippen LogP contribution in [0.25, 0.3) is 0 Å². The van der Waals surface area contributed by atoms with Crippen molar-refractivity contribution in [3.8, 4) is 0 Å². The van der Waals surface area contributed by atoms with Crippen molar-refractivity contribution in [1.29, 1.82) is 0 Å². The summed E-state index contributed by atoms with van der Waals surface area (Å²) in [5.41, 5.74) is 6.66. The molecule has 0 bridgehead atoms. The van der Waals surface area contributed by atoms with Crippen molar-refractivity contribution in [3.63, 3.8) is 0 Å². The van der Waals surface area contributed by atoms with Gasteiger partial charge in [-0.2, -0.15) is 5.10 Å². The van der Waals surface area contributed by atoms with Crippen LogP contribution >= 0.6 is 23.8 Å². The van der Waals surface area contributed by atoms with Crippen LogP contribution < -0.4 is 10.5 Å². The Morgan fingerprint density at radius 1 is 1.52 bits per heavy atom. The number of hydrogen-bond donors (Lipinski definition) is 3. The summed E-state index contributed by atoms with van der Waals surface area (Å²) < 4.78 is 27.4. The van der Waals surface area contributed by atoms with Crippen LogP contribution in [0, 0.1) is 0 Å². The minimum absolute atomic E-state index is 0.0650. The van der Waals surface area contributed by atoms with Crippen molar-refractivity contribution in [2.75, 3.05) is 0 Å². The Hall–Kier alpha value is -1.48. The summed E-state index contributed by atoms with van der Waals surface area (Å²) in [5, 5.41) is 6.51. The second-order valence-electron chi connectivity index (χ2n) is 4.38. The van der Waals surface area contributed by atoms with Crippen LogP contribution in [0.15, 0.2) is 35.5 Å². The molecule has 1 aromatic carbocycles. The van der Waals surface area contributed by atoms with Gasteiger partial charge in [0.05, 0.1) is 11.2 Å². The lowest BCUT2D eigenvalue weighted by molar-refractivity contribution is 0.567. The SMILES string of the molecule is CC(NS(=O)(=O)c1cc(C(N)=S)ccc1Cl)c1cn[nH]c1. The number of nitrogens with zero attached hydrogens (tertiary/aromatic N) is 1. The first-order valence-corrected chi connectivity index (χ1v) is 8.18. The third-order valence-electron chi connectivity index (χ3n) is 2.86. The van der Waals surface area contributed by atoms with E-state index in [-0.39, 0.29) is 14.9 Å². The van der Waals surface area contributed by atoms with E-state index in [1.807, 2.05) is 0 Å². The van der Waals surface area contributed by atoms with Gasteiger partial charge in [-0.15, -0.1) is 0 Å². The highest BCUT2D eigenvalue weighted by Crippen LogP contribution is 2.24. The maximum Gasteiger partial charge on any atom is 0.242 e. The topological polar surface area (TPSA) is 101 Å². The highest BCUT2D eigenvalue weighted by Gasteiger charge is 2.22. The van der Waals surface area contributed by atoms with E-state index in [4.69, 9.17) is 29.6 Å².